The zero-order chi connectivity index (χ0) is 15.4. The van der Waals surface area contributed by atoms with Crippen molar-refractivity contribution in [1.29, 1.82) is 0 Å². The number of hydrogen-bond acceptors (Lipinski definition) is 5. The Kier molecular flexibility index (Phi) is 3.95. The van der Waals surface area contributed by atoms with E-state index >= 15 is 0 Å². The normalized spacial score (nSPS) is 12.0. The van der Waals surface area contributed by atoms with Crippen LogP contribution in [0.5, 0.6) is 0 Å². The fraction of sp³-hybridized carbons (Fsp3) is 0.200. The van der Waals surface area contributed by atoms with Crippen molar-refractivity contribution >= 4 is 5.91 Å². The predicted octanol–water partition coefficient (Wildman–Crippen LogP) is 1.68. The summed E-state index contributed by atoms with van der Waals surface area (Å²) in [6, 6.07) is 9.37. The highest BCUT2D eigenvalue weighted by molar-refractivity contribution is 5.78. The highest BCUT2D eigenvalue weighted by atomic mass is 16.5. The van der Waals surface area contributed by atoms with Gasteiger partial charge in [0.15, 0.2) is 0 Å². The lowest BCUT2D eigenvalue weighted by atomic mass is 10.1. The van der Waals surface area contributed by atoms with Crippen molar-refractivity contribution in [3.8, 4) is 5.69 Å². The molecule has 1 aromatic carbocycles. The Labute approximate surface area is 126 Å². The molecule has 1 amide bonds. The van der Waals surface area contributed by atoms with Crippen LogP contribution in [0.1, 0.15) is 24.2 Å². The average Bonchev–Trinajstić information content (AvgIpc) is 3.20. The Balaban J connectivity index is 1.62. The van der Waals surface area contributed by atoms with Gasteiger partial charge in [-0.15, -0.1) is 5.10 Å². The number of nitrogens with zero attached hydrogens (tertiary/aromatic N) is 4. The van der Waals surface area contributed by atoms with E-state index in [1.54, 1.807) is 23.1 Å². The molecular formula is C15H15N5O2. The van der Waals surface area contributed by atoms with Crippen molar-refractivity contribution in [2.45, 2.75) is 19.4 Å². The quantitative estimate of drug-likeness (QED) is 0.774. The van der Waals surface area contributed by atoms with Crippen molar-refractivity contribution in [3.05, 3.63) is 60.2 Å². The number of benzene rings is 1. The monoisotopic (exact) mass is 297 g/mol. The lowest BCUT2D eigenvalue weighted by molar-refractivity contribution is -0.121. The minimum Gasteiger partial charge on any atom is -0.364 e. The van der Waals surface area contributed by atoms with Crippen molar-refractivity contribution in [3.63, 3.8) is 0 Å². The number of carbonyl (C=O) groups is 1. The number of nitrogens with one attached hydrogen (secondary N) is 1. The van der Waals surface area contributed by atoms with Gasteiger partial charge in [-0.1, -0.05) is 22.5 Å². The molecule has 22 heavy (non-hydrogen) atoms. The van der Waals surface area contributed by atoms with E-state index in [1.165, 1.54) is 6.26 Å². The second-order valence-electron chi connectivity index (χ2n) is 4.90. The molecule has 0 aliphatic rings. The SMILES string of the molecule is CC(NC(=O)Cc1ccon1)c1ccc(-n2ccnn2)cc1. The minimum atomic E-state index is -0.0956. The van der Waals surface area contributed by atoms with Crippen LogP contribution in [0, 0.1) is 0 Å². The first kappa shape index (κ1) is 14.0. The smallest absolute Gasteiger partial charge is 0.226 e. The fourth-order valence-corrected chi connectivity index (χ4v) is 2.13. The van der Waals surface area contributed by atoms with E-state index in [0.717, 1.165) is 11.3 Å². The Hall–Kier alpha value is -2.96. The van der Waals surface area contributed by atoms with Crippen molar-refractivity contribution in [2.75, 3.05) is 0 Å². The van der Waals surface area contributed by atoms with E-state index < -0.39 is 0 Å². The third kappa shape index (κ3) is 3.20. The van der Waals surface area contributed by atoms with Gasteiger partial charge in [-0.25, -0.2) is 4.68 Å². The van der Waals surface area contributed by atoms with Gasteiger partial charge in [-0.3, -0.25) is 4.79 Å². The molecule has 3 aromatic rings. The molecule has 7 heteroatoms. The van der Waals surface area contributed by atoms with Gasteiger partial charge in [0.2, 0.25) is 5.91 Å². The fourth-order valence-electron chi connectivity index (χ4n) is 2.13. The Morgan fingerprint density at radius 1 is 1.32 bits per heavy atom. The molecule has 2 heterocycles. The molecule has 1 unspecified atom stereocenters. The van der Waals surface area contributed by atoms with E-state index in [-0.39, 0.29) is 18.4 Å². The average molecular weight is 297 g/mol. The molecule has 0 saturated carbocycles. The number of aromatic nitrogens is 4. The van der Waals surface area contributed by atoms with Crippen LogP contribution < -0.4 is 5.32 Å². The topological polar surface area (TPSA) is 85.8 Å². The largest absolute Gasteiger partial charge is 0.364 e. The second-order valence-corrected chi connectivity index (χ2v) is 4.90. The Morgan fingerprint density at radius 3 is 2.77 bits per heavy atom. The van der Waals surface area contributed by atoms with Crippen molar-refractivity contribution < 1.29 is 9.32 Å². The van der Waals surface area contributed by atoms with E-state index in [0.29, 0.717) is 5.69 Å². The highest BCUT2D eigenvalue weighted by Crippen LogP contribution is 2.15. The lowest BCUT2D eigenvalue weighted by Gasteiger charge is -2.14. The Bertz CT molecular complexity index is 720. The maximum absolute atomic E-state index is 11.9. The lowest BCUT2D eigenvalue weighted by Crippen LogP contribution is -2.28. The molecule has 0 spiro atoms. The third-order valence-corrected chi connectivity index (χ3v) is 3.29. The first-order valence-electron chi connectivity index (χ1n) is 6.87. The first-order chi connectivity index (χ1) is 10.7. The Morgan fingerprint density at radius 2 is 2.14 bits per heavy atom. The van der Waals surface area contributed by atoms with Gasteiger partial charge in [-0.2, -0.15) is 0 Å². The maximum atomic E-state index is 11.9. The summed E-state index contributed by atoms with van der Waals surface area (Å²) in [7, 11) is 0. The van der Waals surface area contributed by atoms with Crippen LogP contribution in [0.4, 0.5) is 0 Å². The summed E-state index contributed by atoms with van der Waals surface area (Å²) >= 11 is 0. The molecule has 0 aliphatic heterocycles. The molecule has 2 aromatic heterocycles. The highest BCUT2D eigenvalue weighted by Gasteiger charge is 2.11. The summed E-state index contributed by atoms with van der Waals surface area (Å²) < 4.78 is 6.39. The summed E-state index contributed by atoms with van der Waals surface area (Å²) in [4.78, 5) is 11.9. The molecule has 112 valence electrons. The van der Waals surface area contributed by atoms with Crippen LogP contribution >= 0.6 is 0 Å². The molecule has 3 rings (SSSR count). The van der Waals surface area contributed by atoms with Crippen LogP contribution in [0.3, 0.4) is 0 Å². The van der Waals surface area contributed by atoms with E-state index in [1.807, 2.05) is 31.2 Å². The molecule has 7 nitrogen and oxygen atoms in total. The molecule has 1 atom stereocenters. The summed E-state index contributed by atoms with van der Waals surface area (Å²) in [5.41, 5.74) is 2.55. The second kappa shape index (κ2) is 6.21. The number of rotatable bonds is 5. The van der Waals surface area contributed by atoms with Gasteiger partial charge in [-0.05, 0) is 24.6 Å². The van der Waals surface area contributed by atoms with Crippen LogP contribution in [-0.4, -0.2) is 26.1 Å². The summed E-state index contributed by atoms with van der Waals surface area (Å²) in [5.74, 6) is -0.0956. The number of hydrogen-bond donors (Lipinski definition) is 1. The minimum absolute atomic E-state index is 0.0933. The molecule has 1 N–H and O–H groups in total. The van der Waals surface area contributed by atoms with Crippen LogP contribution in [0.25, 0.3) is 5.69 Å². The van der Waals surface area contributed by atoms with E-state index in [9.17, 15) is 4.79 Å². The molecule has 0 bridgehead atoms. The van der Waals surface area contributed by atoms with Gasteiger partial charge < -0.3 is 9.84 Å². The molecule has 0 radical (unpaired) electrons. The maximum Gasteiger partial charge on any atom is 0.226 e. The van der Waals surface area contributed by atoms with Crippen LogP contribution in [-0.2, 0) is 11.2 Å². The summed E-state index contributed by atoms with van der Waals surface area (Å²) in [6.45, 7) is 1.94. The van der Waals surface area contributed by atoms with Gasteiger partial charge in [0.05, 0.1) is 36.2 Å². The van der Waals surface area contributed by atoms with E-state index in [4.69, 9.17) is 4.52 Å². The zero-order valence-electron chi connectivity index (χ0n) is 12.0. The van der Waals surface area contributed by atoms with Gasteiger partial charge in [0, 0.05) is 6.07 Å². The predicted molar refractivity (Wildman–Crippen MR) is 78.1 cm³/mol. The first-order valence-corrected chi connectivity index (χ1v) is 6.87. The molecule has 0 fully saturated rings. The summed E-state index contributed by atoms with van der Waals surface area (Å²) in [6.07, 6.45) is 5.06. The van der Waals surface area contributed by atoms with Crippen LogP contribution in [0.2, 0.25) is 0 Å². The van der Waals surface area contributed by atoms with Crippen LogP contribution in [0.15, 0.2) is 53.5 Å². The summed E-state index contributed by atoms with van der Waals surface area (Å²) in [5, 5.41) is 14.4. The van der Waals surface area contributed by atoms with Gasteiger partial charge in [0.1, 0.15) is 6.26 Å². The standard InChI is InChI=1S/C15H15N5O2/c1-11(17-15(21)10-13-6-9-22-18-13)12-2-4-14(5-3-12)20-8-7-16-19-20/h2-9,11H,10H2,1H3,(H,17,21). The molecular weight excluding hydrogens is 282 g/mol. The van der Waals surface area contributed by atoms with Gasteiger partial charge in [0.25, 0.3) is 0 Å². The van der Waals surface area contributed by atoms with Crippen molar-refractivity contribution in [1.82, 2.24) is 25.5 Å². The number of carbonyl (C=O) groups excluding carboxylic acids is 1. The van der Waals surface area contributed by atoms with Crippen molar-refractivity contribution in [2.24, 2.45) is 0 Å². The number of amides is 1. The van der Waals surface area contributed by atoms with E-state index in [2.05, 4.69) is 20.8 Å². The molecule has 0 saturated heterocycles. The third-order valence-electron chi connectivity index (χ3n) is 3.29. The van der Waals surface area contributed by atoms with Gasteiger partial charge >= 0.3 is 0 Å². The zero-order valence-corrected chi connectivity index (χ0v) is 12.0. The molecule has 0 aliphatic carbocycles.